The first-order valence-electron chi connectivity index (χ1n) is 8.11. The molecule has 0 aliphatic heterocycles. The molecule has 120 valence electrons. The fourth-order valence-corrected chi connectivity index (χ4v) is 3.98. The molecule has 0 saturated heterocycles. The normalized spacial score (nSPS) is 19.9. The van der Waals surface area contributed by atoms with Crippen molar-refractivity contribution in [3.63, 3.8) is 0 Å². The Morgan fingerprint density at radius 3 is 2.57 bits per heavy atom. The van der Waals surface area contributed by atoms with Gasteiger partial charge in [0.15, 0.2) is 5.82 Å². The summed E-state index contributed by atoms with van der Waals surface area (Å²) in [6, 6.07) is 0.199. The summed E-state index contributed by atoms with van der Waals surface area (Å²) in [5, 5.41) is 15.9. The van der Waals surface area contributed by atoms with Crippen LogP contribution < -0.4 is 5.32 Å². The number of rotatable bonds is 7. The van der Waals surface area contributed by atoms with E-state index in [1.165, 1.54) is 32.1 Å². The molecule has 1 aliphatic carbocycles. The van der Waals surface area contributed by atoms with Gasteiger partial charge in [0.05, 0.1) is 12.6 Å². The van der Waals surface area contributed by atoms with Gasteiger partial charge in [0, 0.05) is 4.75 Å². The molecule has 0 amide bonds. The van der Waals surface area contributed by atoms with E-state index in [4.69, 9.17) is 0 Å². The Hall–Kier alpha value is -0.620. The SMILES string of the molecule is CSC1(Cn2nnnc2C(C)NCC(C)C)CCCCC1. The predicted molar refractivity (Wildman–Crippen MR) is 88.4 cm³/mol. The average Bonchev–Trinajstić information content (AvgIpc) is 2.93. The minimum atomic E-state index is 0.199. The lowest BCUT2D eigenvalue weighted by atomic mass is 9.88. The third-order valence-corrected chi connectivity index (χ3v) is 5.82. The van der Waals surface area contributed by atoms with Crippen LogP contribution in [0.1, 0.15) is 64.7 Å². The van der Waals surface area contributed by atoms with E-state index in [9.17, 15) is 0 Å². The highest BCUT2D eigenvalue weighted by Crippen LogP contribution is 2.40. The lowest BCUT2D eigenvalue weighted by Gasteiger charge is -2.35. The van der Waals surface area contributed by atoms with E-state index >= 15 is 0 Å². The highest BCUT2D eigenvalue weighted by molar-refractivity contribution is 8.00. The van der Waals surface area contributed by atoms with E-state index in [0.29, 0.717) is 10.7 Å². The van der Waals surface area contributed by atoms with E-state index in [1.54, 1.807) is 0 Å². The standard InChI is InChI=1S/C15H29N5S/c1-12(2)10-16-13(3)14-17-18-19-20(14)11-15(21-4)8-6-5-7-9-15/h12-13,16H,5-11H2,1-4H3. The largest absolute Gasteiger partial charge is 0.307 e. The van der Waals surface area contributed by atoms with Gasteiger partial charge in [-0.3, -0.25) is 0 Å². The maximum Gasteiger partial charge on any atom is 0.167 e. The van der Waals surface area contributed by atoms with Crippen LogP contribution in [0.25, 0.3) is 0 Å². The van der Waals surface area contributed by atoms with Gasteiger partial charge >= 0.3 is 0 Å². The molecular formula is C15H29N5S. The highest BCUT2D eigenvalue weighted by atomic mass is 32.2. The Bertz CT molecular complexity index is 425. The van der Waals surface area contributed by atoms with Gasteiger partial charge in [-0.2, -0.15) is 11.8 Å². The third kappa shape index (κ3) is 4.42. The number of hydrogen-bond donors (Lipinski definition) is 1. The van der Waals surface area contributed by atoms with Crippen molar-refractivity contribution < 1.29 is 0 Å². The topological polar surface area (TPSA) is 55.6 Å². The molecule has 0 radical (unpaired) electrons. The number of aromatic nitrogens is 4. The summed E-state index contributed by atoms with van der Waals surface area (Å²) in [4.78, 5) is 0. The van der Waals surface area contributed by atoms with E-state index in [1.807, 2.05) is 16.4 Å². The minimum Gasteiger partial charge on any atom is -0.307 e. The van der Waals surface area contributed by atoms with E-state index in [2.05, 4.69) is 47.9 Å². The van der Waals surface area contributed by atoms with Crippen molar-refractivity contribution in [1.82, 2.24) is 25.5 Å². The molecule has 2 rings (SSSR count). The molecule has 5 nitrogen and oxygen atoms in total. The summed E-state index contributed by atoms with van der Waals surface area (Å²) in [5.41, 5.74) is 0. The molecule has 1 aromatic rings. The van der Waals surface area contributed by atoms with Gasteiger partial charge in [0.25, 0.3) is 0 Å². The van der Waals surface area contributed by atoms with Crippen molar-refractivity contribution in [2.75, 3.05) is 12.8 Å². The van der Waals surface area contributed by atoms with Crippen LogP contribution >= 0.6 is 11.8 Å². The van der Waals surface area contributed by atoms with Crippen molar-refractivity contribution >= 4 is 11.8 Å². The molecule has 1 aromatic heterocycles. The first-order chi connectivity index (χ1) is 10.1. The molecule has 1 aliphatic rings. The van der Waals surface area contributed by atoms with Gasteiger partial charge in [-0.25, -0.2) is 4.68 Å². The molecule has 1 unspecified atom stereocenters. The van der Waals surface area contributed by atoms with Crippen molar-refractivity contribution in [2.24, 2.45) is 5.92 Å². The number of hydrogen-bond acceptors (Lipinski definition) is 5. The number of thioether (sulfide) groups is 1. The zero-order chi connectivity index (χ0) is 15.3. The zero-order valence-corrected chi connectivity index (χ0v) is 14.6. The molecule has 1 heterocycles. The Labute approximate surface area is 132 Å². The summed E-state index contributed by atoms with van der Waals surface area (Å²) in [6.45, 7) is 8.50. The monoisotopic (exact) mass is 311 g/mol. The first-order valence-corrected chi connectivity index (χ1v) is 9.33. The summed E-state index contributed by atoms with van der Waals surface area (Å²) in [7, 11) is 0. The van der Waals surface area contributed by atoms with Crippen LogP contribution in [0.4, 0.5) is 0 Å². The van der Waals surface area contributed by atoms with E-state index in [-0.39, 0.29) is 6.04 Å². The Balaban J connectivity index is 2.05. The molecule has 0 bridgehead atoms. The van der Waals surface area contributed by atoms with Crippen LogP contribution in [0.5, 0.6) is 0 Å². The molecule has 1 atom stereocenters. The van der Waals surface area contributed by atoms with Crippen LogP contribution in [-0.4, -0.2) is 37.8 Å². The van der Waals surface area contributed by atoms with Crippen LogP contribution in [0, 0.1) is 5.92 Å². The summed E-state index contributed by atoms with van der Waals surface area (Å²) >= 11 is 1.99. The molecule has 21 heavy (non-hydrogen) atoms. The second-order valence-electron chi connectivity index (χ2n) is 6.67. The molecule has 6 heteroatoms. The molecule has 0 spiro atoms. The lowest BCUT2D eigenvalue weighted by Crippen LogP contribution is -2.35. The molecule has 1 saturated carbocycles. The van der Waals surface area contributed by atoms with Gasteiger partial charge in [0.1, 0.15) is 0 Å². The Morgan fingerprint density at radius 2 is 1.95 bits per heavy atom. The molecule has 1 N–H and O–H groups in total. The van der Waals surface area contributed by atoms with Crippen LogP contribution in [0.3, 0.4) is 0 Å². The second kappa shape index (κ2) is 7.58. The van der Waals surface area contributed by atoms with Gasteiger partial charge in [-0.15, -0.1) is 5.10 Å². The Morgan fingerprint density at radius 1 is 1.24 bits per heavy atom. The number of tetrazole rings is 1. The second-order valence-corrected chi connectivity index (χ2v) is 7.94. The van der Waals surface area contributed by atoms with Crippen LogP contribution in [0.15, 0.2) is 0 Å². The van der Waals surface area contributed by atoms with Crippen molar-refractivity contribution in [2.45, 2.75) is 70.2 Å². The number of nitrogens with zero attached hydrogens (tertiary/aromatic N) is 4. The Kier molecular flexibility index (Phi) is 6.05. The maximum absolute atomic E-state index is 4.26. The van der Waals surface area contributed by atoms with Crippen molar-refractivity contribution in [3.05, 3.63) is 5.82 Å². The van der Waals surface area contributed by atoms with Gasteiger partial charge in [0.2, 0.25) is 0 Å². The first kappa shape index (κ1) is 16.7. The van der Waals surface area contributed by atoms with Gasteiger partial charge in [-0.05, 0) is 48.9 Å². The molecule has 1 fully saturated rings. The fraction of sp³-hybridized carbons (Fsp3) is 0.933. The van der Waals surface area contributed by atoms with E-state index < -0.39 is 0 Å². The average molecular weight is 311 g/mol. The molecular weight excluding hydrogens is 282 g/mol. The summed E-state index contributed by atoms with van der Waals surface area (Å²) < 4.78 is 2.35. The summed E-state index contributed by atoms with van der Waals surface area (Å²) in [6.07, 6.45) is 8.83. The fourth-order valence-electron chi connectivity index (χ4n) is 3.03. The maximum atomic E-state index is 4.26. The van der Waals surface area contributed by atoms with Crippen LogP contribution in [0.2, 0.25) is 0 Å². The third-order valence-electron chi connectivity index (χ3n) is 4.41. The van der Waals surface area contributed by atoms with Gasteiger partial charge in [-0.1, -0.05) is 33.1 Å². The quantitative estimate of drug-likeness (QED) is 0.839. The van der Waals surface area contributed by atoms with Crippen molar-refractivity contribution in [3.8, 4) is 0 Å². The van der Waals surface area contributed by atoms with Gasteiger partial charge < -0.3 is 5.32 Å². The van der Waals surface area contributed by atoms with Crippen LogP contribution in [-0.2, 0) is 6.54 Å². The van der Waals surface area contributed by atoms with E-state index in [0.717, 1.165) is 18.9 Å². The number of nitrogens with one attached hydrogen (secondary N) is 1. The summed E-state index contributed by atoms with van der Waals surface area (Å²) in [5.74, 6) is 1.60. The highest BCUT2D eigenvalue weighted by Gasteiger charge is 2.33. The predicted octanol–water partition coefficient (Wildman–Crippen LogP) is 3.05. The van der Waals surface area contributed by atoms with Crippen molar-refractivity contribution in [1.29, 1.82) is 0 Å². The minimum absolute atomic E-state index is 0.199. The lowest BCUT2D eigenvalue weighted by molar-refractivity contribution is 0.332. The molecule has 0 aromatic carbocycles. The zero-order valence-electron chi connectivity index (χ0n) is 13.8. The smallest absolute Gasteiger partial charge is 0.167 e.